The van der Waals surface area contributed by atoms with Crippen molar-refractivity contribution in [1.29, 1.82) is 0 Å². The van der Waals surface area contributed by atoms with Crippen molar-refractivity contribution in [2.24, 2.45) is 5.92 Å². The van der Waals surface area contributed by atoms with Gasteiger partial charge in [0, 0.05) is 21.8 Å². The number of hydrogen-bond acceptors (Lipinski definition) is 4. The summed E-state index contributed by atoms with van der Waals surface area (Å²) in [6.07, 6.45) is 3.14. The zero-order valence-electron chi connectivity index (χ0n) is 13.3. The fraction of sp³-hybridized carbons (Fsp3) is 0.278. The Balaban J connectivity index is 1.67. The number of aromatic amines is 1. The van der Waals surface area contributed by atoms with E-state index in [0.717, 1.165) is 30.3 Å². The van der Waals surface area contributed by atoms with Crippen molar-refractivity contribution in [3.63, 3.8) is 0 Å². The number of thiazole rings is 1. The Labute approximate surface area is 142 Å². The van der Waals surface area contributed by atoms with Crippen molar-refractivity contribution in [2.75, 3.05) is 5.32 Å². The smallest absolute Gasteiger partial charge is 0.258 e. The fourth-order valence-corrected chi connectivity index (χ4v) is 4.32. The minimum Gasteiger partial charge on any atom is -0.322 e. The highest BCUT2D eigenvalue weighted by Crippen LogP contribution is 2.32. The minimum absolute atomic E-state index is 0.286. The quantitative estimate of drug-likeness (QED) is 0.752. The van der Waals surface area contributed by atoms with Gasteiger partial charge in [-0.2, -0.15) is 0 Å². The Bertz CT molecular complexity index is 989. The van der Waals surface area contributed by atoms with Crippen LogP contribution < -0.4 is 10.9 Å². The predicted octanol–water partition coefficient (Wildman–Crippen LogP) is 3.36. The third kappa shape index (κ3) is 2.73. The number of nitrogens with one attached hydrogen (secondary N) is 2. The molecule has 1 aliphatic carbocycles. The SMILES string of the molecule is C[C@H]1CCc2nc(NC(=O)c3cc(=O)[nH]c4ccccc34)sc2C1. The summed E-state index contributed by atoms with van der Waals surface area (Å²) < 4.78 is 0. The molecular weight excluding hydrogens is 322 g/mol. The first-order valence-electron chi connectivity index (χ1n) is 8.02. The van der Waals surface area contributed by atoms with E-state index in [2.05, 4.69) is 22.2 Å². The Morgan fingerprint density at radius 2 is 2.21 bits per heavy atom. The van der Waals surface area contributed by atoms with Crippen molar-refractivity contribution in [3.05, 3.63) is 56.8 Å². The van der Waals surface area contributed by atoms with Crippen molar-refractivity contribution in [2.45, 2.75) is 26.2 Å². The van der Waals surface area contributed by atoms with Crippen LogP contribution in [-0.2, 0) is 12.8 Å². The highest BCUT2D eigenvalue weighted by atomic mass is 32.1. The van der Waals surface area contributed by atoms with E-state index in [1.807, 2.05) is 18.2 Å². The number of aromatic nitrogens is 2. The molecule has 5 nitrogen and oxygen atoms in total. The number of pyridine rings is 1. The lowest BCUT2D eigenvalue weighted by Crippen LogP contribution is -2.16. The van der Waals surface area contributed by atoms with E-state index in [4.69, 9.17) is 0 Å². The number of nitrogens with zero attached hydrogens (tertiary/aromatic N) is 1. The van der Waals surface area contributed by atoms with Crippen LogP contribution in [-0.4, -0.2) is 15.9 Å². The number of para-hydroxylation sites is 1. The van der Waals surface area contributed by atoms with Gasteiger partial charge in [0.05, 0.1) is 11.3 Å². The van der Waals surface area contributed by atoms with Crippen molar-refractivity contribution in [3.8, 4) is 0 Å². The molecule has 0 aliphatic heterocycles. The molecule has 0 radical (unpaired) electrons. The molecule has 2 aromatic heterocycles. The topological polar surface area (TPSA) is 74.8 Å². The summed E-state index contributed by atoms with van der Waals surface area (Å²) in [5, 5.41) is 4.21. The Morgan fingerprint density at radius 3 is 3.08 bits per heavy atom. The molecule has 0 saturated carbocycles. The van der Waals surface area contributed by atoms with Gasteiger partial charge >= 0.3 is 0 Å². The lowest BCUT2D eigenvalue weighted by Gasteiger charge is -2.15. The number of H-pyrrole nitrogens is 1. The van der Waals surface area contributed by atoms with E-state index < -0.39 is 0 Å². The summed E-state index contributed by atoms with van der Waals surface area (Å²) in [4.78, 5) is 33.0. The maximum atomic E-state index is 12.7. The minimum atomic E-state index is -0.295. The van der Waals surface area contributed by atoms with Gasteiger partial charge in [-0.1, -0.05) is 25.1 Å². The first-order chi connectivity index (χ1) is 11.6. The van der Waals surface area contributed by atoms with Crippen LogP contribution in [0.3, 0.4) is 0 Å². The average molecular weight is 339 g/mol. The van der Waals surface area contributed by atoms with E-state index in [1.165, 1.54) is 10.9 Å². The predicted molar refractivity (Wildman–Crippen MR) is 95.8 cm³/mol. The normalized spacial score (nSPS) is 16.8. The molecule has 0 unspecified atom stereocenters. The highest BCUT2D eigenvalue weighted by Gasteiger charge is 2.21. The lowest BCUT2D eigenvalue weighted by atomic mass is 9.93. The third-order valence-electron chi connectivity index (χ3n) is 4.40. The number of amides is 1. The first kappa shape index (κ1) is 15.1. The zero-order chi connectivity index (χ0) is 16.7. The summed E-state index contributed by atoms with van der Waals surface area (Å²) in [7, 11) is 0. The average Bonchev–Trinajstić information content (AvgIpc) is 2.95. The maximum Gasteiger partial charge on any atom is 0.258 e. The first-order valence-corrected chi connectivity index (χ1v) is 8.84. The Kier molecular flexibility index (Phi) is 3.69. The lowest BCUT2D eigenvalue weighted by molar-refractivity contribution is 0.102. The van der Waals surface area contributed by atoms with Crippen LogP contribution >= 0.6 is 11.3 Å². The number of rotatable bonds is 2. The molecule has 1 aliphatic rings. The number of carbonyl (C=O) groups is 1. The molecule has 122 valence electrons. The van der Waals surface area contributed by atoms with Crippen LogP contribution in [0, 0.1) is 5.92 Å². The van der Waals surface area contributed by atoms with Gasteiger partial charge in [0.1, 0.15) is 0 Å². The van der Waals surface area contributed by atoms with Gasteiger partial charge in [-0.05, 0) is 31.2 Å². The summed E-state index contributed by atoms with van der Waals surface area (Å²) >= 11 is 1.54. The van der Waals surface area contributed by atoms with E-state index in [1.54, 1.807) is 17.4 Å². The van der Waals surface area contributed by atoms with Crippen molar-refractivity contribution >= 4 is 33.3 Å². The van der Waals surface area contributed by atoms with Crippen LogP contribution in [0.1, 0.15) is 34.3 Å². The number of fused-ring (bicyclic) bond motifs is 2. The second kappa shape index (κ2) is 5.87. The molecule has 1 atom stereocenters. The van der Waals surface area contributed by atoms with Crippen LogP contribution in [0.5, 0.6) is 0 Å². The molecule has 24 heavy (non-hydrogen) atoms. The number of carbonyl (C=O) groups excluding carboxylic acids is 1. The summed E-state index contributed by atoms with van der Waals surface area (Å²) in [5.41, 5.74) is 1.84. The number of benzene rings is 1. The zero-order valence-corrected chi connectivity index (χ0v) is 14.1. The van der Waals surface area contributed by atoms with E-state index in [9.17, 15) is 9.59 Å². The molecule has 6 heteroatoms. The monoisotopic (exact) mass is 339 g/mol. The van der Waals surface area contributed by atoms with Crippen LogP contribution in [0.15, 0.2) is 35.1 Å². The van der Waals surface area contributed by atoms with E-state index >= 15 is 0 Å². The fourth-order valence-electron chi connectivity index (χ4n) is 3.15. The van der Waals surface area contributed by atoms with Crippen LogP contribution in [0.2, 0.25) is 0 Å². The molecule has 2 N–H and O–H groups in total. The van der Waals surface area contributed by atoms with Crippen molar-refractivity contribution in [1.82, 2.24) is 9.97 Å². The van der Waals surface area contributed by atoms with Crippen molar-refractivity contribution < 1.29 is 4.79 Å². The molecular formula is C18H17N3O2S. The van der Waals surface area contributed by atoms with E-state index in [-0.39, 0.29) is 11.5 Å². The molecule has 2 heterocycles. The number of aryl methyl sites for hydroxylation is 1. The van der Waals surface area contributed by atoms with Gasteiger partial charge in [0.2, 0.25) is 5.56 Å². The number of anilines is 1. The van der Waals surface area contributed by atoms with E-state index in [0.29, 0.717) is 22.1 Å². The third-order valence-corrected chi connectivity index (χ3v) is 5.44. The second-order valence-corrected chi connectivity index (χ2v) is 7.37. The van der Waals surface area contributed by atoms with Gasteiger partial charge in [0.25, 0.3) is 5.91 Å². The standard InChI is InChI=1S/C18H17N3O2S/c1-10-6-7-14-15(8-10)24-18(20-14)21-17(23)12-9-16(22)19-13-5-3-2-4-11(12)13/h2-5,9-10H,6-8H2,1H3,(H,19,22)(H,20,21,23)/t10-/m0/s1. The second-order valence-electron chi connectivity index (χ2n) is 6.28. The molecule has 1 aromatic carbocycles. The van der Waals surface area contributed by atoms with Gasteiger partial charge in [0.15, 0.2) is 5.13 Å². The molecule has 4 rings (SSSR count). The molecule has 3 aromatic rings. The molecule has 0 saturated heterocycles. The van der Waals surface area contributed by atoms with Gasteiger partial charge < -0.3 is 4.98 Å². The van der Waals surface area contributed by atoms with Crippen LogP contribution in [0.25, 0.3) is 10.9 Å². The molecule has 0 spiro atoms. The highest BCUT2D eigenvalue weighted by molar-refractivity contribution is 7.15. The van der Waals surface area contributed by atoms with Gasteiger partial charge in [-0.15, -0.1) is 11.3 Å². The van der Waals surface area contributed by atoms with Gasteiger partial charge in [-0.25, -0.2) is 4.98 Å². The maximum absolute atomic E-state index is 12.7. The van der Waals surface area contributed by atoms with Gasteiger partial charge in [-0.3, -0.25) is 14.9 Å². The summed E-state index contributed by atoms with van der Waals surface area (Å²) in [6.45, 7) is 2.24. The molecule has 0 fully saturated rings. The largest absolute Gasteiger partial charge is 0.322 e. The number of hydrogen-bond donors (Lipinski definition) is 2. The van der Waals surface area contributed by atoms with Crippen LogP contribution in [0.4, 0.5) is 5.13 Å². The summed E-state index contributed by atoms with van der Waals surface area (Å²) in [5.74, 6) is 0.370. The Morgan fingerprint density at radius 1 is 1.38 bits per heavy atom. The Hall–Kier alpha value is -2.47. The molecule has 1 amide bonds. The summed E-state index contributed by atoms with van der Waals surface area (Å²) in [6, 6.07) is 8.63. The molecule has 0 bridgehead atoms.